The predicted molar refractivity (Wildman–Crippen MR) is 123 cm³/mol. The summed E-state index contributed by atoms with van der Waals surface area (Å²) in [5.41, 5.74) is -0.441. The largest absolute Gasteiger partial charge is 0.465 e. The van der Waals surface area contributed by atoms with Crippen molar-refractivity contribution in [3.05, 3.63) is 51.2 Å². The molecule has 1 aromatic heterocycles. The molecule has 1 aliphatic heterocycles. The van der Waals surface area contributed by atoms with Gasteiger partial charge in [0.15, 0.2) is 0 Å². The molecule has 0 bridgehead atoms. The van der Waals surface area contributed by atoms with Crippen LogP contribution in [0.1, 0.15) is 50.7 Å². The van der Waals surface area contributed by atoms with Crippen LogP contribution in [0.3, 0.4) is 0 Å². The second-order valence-corrected chi connectivity index (χ2v) is 9.47. The van der Waals surface area contributed by atoms with Gasteiger partial charge in [0.1, 0.15) is 0 Å². The molecule has 0 spiro atoms. The molecule has 1 aliphatic rings. The summed E-state index contributed by atoms with van der Waals surface area (Å²) in [4.78, 5) is 24.0. The predicted octanol–water partition coefficient (Wildman–Crippen LogP) is 6.62. The van der Waals surface area contributed by atoms with Crippen LogP contribution in [0.2, 0.25) is 5.02 Å². The number of carboxylic acid groups (broad SMARTS) is 1. The average molecular weight is 550 g/mol. The first-order chi connectivity index (χ1) is 15.5. The molecule has 2 heterocycles. The van der Waals surface area contributed by atoms with E-state index in [2.05, 4.69) is 25.9 Å². The summed E-state index contributed by atoms with van der Waals surface area (Å²) in [5.74, 6) is 0.366. The standard InChI is InChI=1S/C22H25BrClF3N4O2/c1-3-17-8-19(9-18(4-2)31(17)21(32)33)30(20-28-10-15(23)11-29-20)12-13-5-14(22(25,26)27)7-16(24)6-13/h5-7,10-11,17-19H,3-4,8-9,12H2,1-2H3,(H,32,33). The van der Waals surface area contributed by atoms with Gasteiger partial charge in [-0.05, 0) is 65.4 Å². The zero-order valence-corrected chi connectivity index (χ0v) is 20.5. The first kappa shape index (κ1) is 25.6. The number of amides is 1. The number of likely N-dealkylation sites (tertiary alicyclic amines) is 1. The molecule has 2 unspecified atom stereocenters. The van der Waals surface area contributed by atoms with E-state index in [4.69, 9.17) is 11.6 Å². The van der Waals surface area contributed by atoms with Gasteiger partial charge in [-0.25, -0.2) is 14.8 Å². The van der Waals surface area contributed by atoms with Gasteiger partial charge in [0.05, 0.1) is 10.0 Å². The van der Waals surface area contributed by atoms with Crippen LogP contribution in [-0.4, -0.2) is 44.2 Å². The van der Waals surface area contributed by atoms with Crippen molar-refractivity contribution in [2.45, 2.75) is 70.4 Å². The number of aromatic nitrogens is 2. The normalized spacial score (nSPS) is 21.2. The van der Waals surface area contributed by atoms with Crippen LogP contribution in [0.25, 0.3) is 0 Å². The number of benzene rings is 1. The molecule has 180 valence electrons. The van der Waals surface area contributed by atoms with E-state index in [9.17, 15) is 23.1 Å². The lowest BCUT2D eigenvalue weighted by Gasteiger charge is -2.46. The quantitative estimate of drug-likeness (QED) is 0.439. The molecule has 1 N–H and O–H groups in total. The lowest BCUT2D eigenvalue weighted by molar-refractivity contribution is -0.137. The van der Waals surface area contributed by atoms with Gasteiger partial charge < -0.3 is 14.9 Å². The first-order valence-corrected chi connectivity index (χ1v) is 11.8. The summed E-state index contributed by atoms with van der Waals surface area (Å²) in [6, 6.07) is 2.90. The van der Waals surface area contributed by atoms with Gasteiger partial charge in [-0.15, -0.1) is 0 Å². The molecular formula is C22H25BrClF3N4O2. The Labute approximate surface area is 203 Å². The van der Waals surface area contributed by atoms with Crippen molar-refractivity contribution in [2.75, 3.05) is 4.90 Å². The summed E-state index contributed by atoms with van der Waals surface area (Å²) in [7, 11) is 0. The Balaban J connectivity index is 2.00. The molecule has 0 saturated carbocycles. The number of anilines is 1. The molecule has 11 heteroatoms. The highest BCUT2D eigenvalue weighted by molar-refractivity contribution is 9.10. The molecule has 3 rings (SSSR count). The number of halogens is 5. The van der Waals surface area contributed by atoms with Gasteiger partial charge in [0.2, 0.25) is 5.95 Å². The fraction of sp³-hybridized carbons (Fsp3) is 0.500. The lowest BCUT2D eigenvalue weighted by atomic mass is 9.87. The number of piperidine rings is 1. The van der Waals surface area contributed by atoms with Gasteiger partial charge in [-0.2, -0.15) is 13.2 Å². The SMILES string of the molecule is CCC1CC(N(Cc2cc(Cl)cc(C(F)(F)F)c2)c2ncc(Br)cn2)CC(CC)N1C(=O)O. The number of hydrogen-bond donors (Lipinski definition) is 1. The molecular weight excluding hydrogens is 525 g/mol. The van der Waals surface area contributed by atoms with Crippen molar-refractivity contribution in [1.82, 2.24) is 14.9 Å². The Morgan fingerprint density at radius 1 is 1.18 bits per heavy atom. The number of alkyl halides is 3. The molecule has 2 atom stereocenters. The zero-order chi connectivity index (χ0) is 24.3. The van der Waals surface area contributed by atoms with E-state index in [1.807, 2.05) is 18.7 Å². The summed E-state index contributed by atoms with van der Waals surface area (Å²) in [5, 5.41) is 9.74. The highest BCUT2D eigenvalue weighted by atomic mass is 79.9. The fourth-order valence-corrected chi connectivity index (χ4v) is 4.92. The maximum absolute atomic E-state index is 13.4. The zero-order valence-electron chi connectivity index (χ0n) is 18.2. The summed E-state index contributed by atoms with van der Waals surface area (Å²) < 4.78 is 40.7. The molecule has 2 aromatic rings. The van der Waals surface area contributed by atoms with E-state index >= 15 is 0 Å². The second-order valence-electron chi connectivity index (χ2n) is 8.11. The van der Waals surface area contributed by atoms with Crippen LogP contribution in [-0.2, 0) is 12.7 Å². The minimum atomic E-state index is -4.52. The maximum Gasteiger partial charge on any atom is 0.416 e. The van der Waals surface area contributed by atoms with E-state index in [0.717, 1.165) is 12.1 Å². The van der Waals surface area contributed by atoms with E-state index < -0.39 is 17.8 Å². The summed E-state index contributed by atoms with van der Waals surface area (Å²) in [6.45, 7) is 3.97. The van der Waals surface area contributed by atoms with Gasteiger partial charge in [-0.3, -0.25) is 0 Å². The molecule has 6 nitrogen and oxygen atoms in total. The van der Waals surface area contributed by atoms with E-state index in [1.54, 1.807) is 12.4 Å². The summed E-state index contributed by atoms with van der Waals surface area (Å²) >= 11 is 9.32. The van der Waals surface area contributed by atoms with E-state index in [1.165, 1.54) is 11.0 Å². The van der Waals surface area contributed by atoms with Crippen LogP contribution in [0.4, 0.5) is 23.9 Å². The number of rotatable bonds is 6. The van der Waals surface area contributed by atoms with E-state index in [-0.39, 0.29) is 29.7 Å². The van der Waals surface area contributed by atoms with Crippen LogP contribution < -0.4 is 4.90 Å². The monoisotopic (exact) mass is 548 g/mol. The third kappa shape index (κ3) is 6.09. The number of nitrogens with zero attached hydrogens (tertiary/aromatic N) is 4. The highest BCUT2D eigenvalue weighted by Crippen LogP contribution is 2.35. The van der Waals surface area contributed by atoms with Crippen LogP contribution in [0, 0.1) is 0 Å². The van der Waals surface area contributed by atoms with Crippen LogP contribution >= 0.6 is 27.5 Å². The van der Waals surface area contributed by atoms with Crippen molar-refractivity contribution < 1.29 is 23.1 Å². The van der Waals surface area contributed by atoms with Gasteiger partial charge in [0, 0.05) is 42.1 Å². The van der Waals surface area contributed by atoms with Crippen molar-refractivity contribution >= 4 is 39.6 Å². The smallest absolute Gasteiger partial charge is 0.416 e. The molecule has 1 saturated heterocycles. The fourth-order valence-electron chi connectivity index (χ4n) is 4.46. The third-order valence-corrected chi connectivity index (χ3v) is 6.61. The molecule has 1 fully saturated rings. The summed E-state index contributed by atoms with van der Waals surface area (Å²) in [6.07, 6.45) is -0.0236. The topological polar surface area (TPSA) is 69.6 Å². The first-order valence-electron chi connectivity index (χ1n) is 10.7. The van der Waals surface area contributed by atoms with Gasteiger partial charge in [-0.1, -0.05) is 25.4 Å². The van der Waals surface area contributed by atoms with E-state index in [0.29, 0.717) is 41.7 Å². The highest BCUT2D eigenvalue weighted by Gasteiger charge is 2.40. The Hall–Kier alpha value is -2.07. The molecule has 1 aromatic carbocycles. The third-order valence-electron chi connectivity index (χ3n) is 5.98. The van der Waals surface area contributed by atoms with Crippen molar-refractivity contribution in [3.63, 3.8) is 0 Å². The molecule has 1 amide bonds. The van der Waals surface area contributed by atoms with Crippen molar-refractivity contribution in [3.8, 4) is 0 Å². The lowest BCUT2D eigenvalue weighted by Crippen LogP contribution is -2.56. The Morgan fingerprint density at radius 2 is 1.76 bits per heavy atom. The van der Waals surface area contributed by atoms with Crippen molar-refractivity contribution in [1.29, 1.82) is 0 Å². The molecule has 0 aliphatic carbocycles. The maximum atomic E-state index is 13.4. The minimum Gasteiger partial charge on any atom is -0.465 e. The van der Waals surface area contributed by atoms with Crippen LogP contribution in [0.15, 0.2) is 35.1 Å². The number of hydrogen-bond acceptors (Lipinski definition) is 4. The minimum absolute atomic E-state index is 0.00457. The molecule has 33 heavy (non-hydrogen) atoms. The Bertz CT molecular complexity index is 963. The van der Waals surface area contributed by atoms with Gasteiger partial charge in [0.25, 0.3) is 0 Å². The van der Waals surface area contributed by atoms with Crippen molar-refractivity contribution in [2.24, 2.45) is 0 Å². The Kier molecular flexibility index (Phi) is 8.10. The average Bonchev–Trinajstić information content (AvgIpc) is 2.76. The number of carbonyl (C=O) groups is 1. The van der Waals surface area contributed by atoms with Crippen LogP contribution in [0.5, 0.6) is 0 Å². The Morgan fingerprint density at radius 3 is 2.24 bits per heavy atom. The molecule has 0 radical (unpaired) electrons. The van der Waals surface area contributed by atoms with Gasteiger partial charge >= 0.3 is 12.3 Å². The second kappa shape index (κ2) is 10.5.